The summed E-state index contributed by atoms with van der Waals surface area (Å²) in [6.07, 6.45) is 3.17. The predicted octanol–water partition coefficient (Wildman–Crippen LogP) is 2.68. The lowest BCUT2D eigenvalue weighted by Gasteiger charge is -2.28. The second-order valence-corrected chi connectivity index (χ2v) is 6.36. The molecular formula is C15H21BrN2O2. The van der Waals surface area contributed by atoms with Gasteiger partial charge in [-0.3, -0.25) is 4.79 Å². The summed E-state index contributed by atoms with van der Waals surface area (Å²) in [5, 5.41) is 12.8. The Bertz CT molecular complexity index is 531. The van der Waals surface area contributed by atoms with Crippen LogP contribution in [0.1, 0.15) is 47.2 Å². The van der Waals surface area contributed by atoms with Gasteiger partial charge in [0, 0.05) is 10.2 Å². The van der Waals surface area contributed by atoms with Crippen molar-refractivity contribution < 1.29 is 9.90 Å². The third-order valence-corrected chi connectivity index (χ3v) is 5.00. The lowest BCUT2D eigenvalue weighted by Crippen LogP contribution is -2.45. The van der Waals surface area contributed by atoms with E-state index in [1.165, 1.54) is 0 Å². The SMILES string of the molecule is Cc1c(Br)cc(C(=O)NC2CCCCC2O)c(N)c1C. The molecule has 1 amide bonds. The quantitative estimate of drug-likeness (QED) is 0.724. The van der Waals surface area contributed by atoms with E-state index in [-0.39, 0.29) is 11.9 Å². The Morgan fingerprint density at radius 2 is 2.00 bits per heavy atom. The van der Waals surface area contributed by atoms with Crippen LogP contribution in [0.5, 0.6) is 0 Å². The van der Waals surface area contributed by atoms with Crippen molar-refractivity contribution in [3.63, 3.8) is 0 Å². The molecule has 0 spiro atoms. The number of halogens is 1. The minimum atomic E-state index is -0.455. The number of rotatable bonds is 2. The number of carbonyl (C=O) groups excluding carboxylic acids is 1. The van der Waals surface area contributed by atoms with Gasteiger partial charge in [0.2, 0.25) is 0 Å². The highest BCUT2D eigenvalue weighted by atomic mass is 79.9. The summed E-state index contributed by atoms with van der Waals surface area (Å²) in [7, 11) is 0. The number of benzene rings is 1. The van der Waals surface area contributed by atoms with E-state index in [0.29, 0.717) is 11.3 Å². The Labute approximate surface area is 127 Å². The van der Waals surface area contributed by atoms with Gasteiger partial charge in [-0.2, -0.15) is 0 Å². The molecule has 0 bridgehead atoms. The number of hydrogen-bond acceptors (Lipinski definition) is 3. The van der Waals surface area contributed by atoms with Gasteiger partial charge in [-0.25, -0.2) is 0 Å². The summed E-state index contributed by atoms with van der Waals surface area (Å²) in [5.41, 5.74) is 8.98. The van der Waals surface area contributed by atoms with Gasteiger partial charge >= 0.3 is 0 Å². The number of hydrogen-bond donors (Lipinski definition) is 3. The molecule has 0 radical (unpaired) electrons. The second-order valence-electron chi connectivity index (χ2n) is 5.50. The van der Waals surface area contributed by atoms with Crippen molar-refractivity contribution in [3.8, 4) is 0 Å². The molecule has 0 aromatic heterocycles. The summed E-state index contributed by atoms with van der Waals surface area (Å²) in [4.78, 5) is 12.4. The molecule has 1 aliphatic rings. The van der Waals surface area contributed by atoms with Crippen LogP contribution < -0.4 is 11.1 Å². The molecule has 4 nitrogen and oxygen atoms in total. The van der Waals surface area contributed by atoms with Crippen LogP contribution in [0, 0.1) is 13.8 Å². The summed E-state index contributed by atoms with van der Waals surface area (Å²) in [6, 6.07) is 1.58. The first-order valence-corrected chi connectivity index (χ1v) is 7.75. The summed E-state index contributed by atoms with van der Waals surface area (Å²) in [5.74, 6) is -0.211. The fourth-order valence-electron chi connectivity index (χ4n) is 2.61. The van der Waals surface area contributed by atoms with Crippen molar-refractivity contribution in [2.24, 2.45) is 0 Å². The molecule has 0 saturated heterocycles. The molecule has 1 saturated carbocycles. The molecule has 2 rings (SSSR count). The van der Waals surface area contributed by atoms with Crippen LogP contribution in [0.15, 0.2) is 10.5 Å². The first kappa shape index (κ1) is 15.3. The Hall–Kier alpha value is -1.07. The van der Waals surface area contributed by atoms with Crippen LogP contribution in [-0.2, 0) is 0 Å². The van der Waals surface area contributed by atoms with E-state index in [2.05, 4.69) is 21.2 Å². The number of nitrogens with two attached hydrogens (primary N) is 1. The molecule has 0 heterocycles. The van der Waals surface area contributed by atoms with Gasteiger partial charge in [-0.1, -0.05) is 28.8 Å². The Kier molecular flexibility index (Phi) is 4.70. The Morgan fingerprint density at radius 1 is 1.35 bits per heavy atom. The summed E-state index contributed by atoms with van der Waals surface area (Å²) in [6.45, 7) is 3.87. The van der Waals surface area contributed by atoms with E-state index in [1.807, 2.05) is 13.8 Å². The lowest BCUT2D eigenvalue weighted by molar-refractivity contribution is 0.0718. The van der Waals surface area contributed by atoms with Crippen molar-refractivity contribution in [2.75, 3.05) is 5.73 Å². The molecular weight excluding hydrogens is 320 g/mol. The average molecular weight is 341 g/mol. The van der Waals surface area contributed by atoms with Crippen LogP contribution in [-0.4, -0.2) is 23.2 Å². The molecule has 1 aromatic rings. The number of nitrogens with one attached hydrogen (secondary N) is 1. The number of carbonyl (C=O) groups is 1. The third-order valence-electron chi connectivity index (χ3n) is 4.18. The first-order valence-electron chi connectivity index (χ1n) is 6.96. The van der Waals surface area contributed by atoms with Crippen molar-refractivity contribution in [3.05, 3.63) is 27.2 Å². The highest BCUT2D eigenvalue weighted by Crippen LogP contribution is 2.28. The zero-order chi connectivity index (χ0) is 14.9. The van der Waals surface area contributed by atoms with Crippen molar-refractivity contribution in [2.45, 2.75) is 51.7 Å². The van der Waals surface area contributed by atoms with Crippen molar-refractivity contribution in [1.82, 2.24) is 5.32 Å². The smallest absolute Gasteiger partial charge is 0.253 e. The van der Waals surface area contributed by atoms with E-state index in [0.717, 1.165) is 41.3 Å². The molecule has 0 aliphatic heterocycles. The Balaban J connectivity index is 2.21. The molecule has 2 atom stereocenters. The lowest BCUT2D eigenvalue weighted by atomic mass is 9.92. The molecule has 1 aromatic carbocycles. The highest BCUT2D eigenvalue weighted by Gasteiger charge is 2.26. The topological polar surface area (TPSA) is 75.3 Å². The standard InChI is InChI=1S/C15H21BrN2O2/c1-8-9(2)14(17)10(7-11(8)16)15(20)18-12-5-3-4-6-13(12)19/h7,12-13,19H,3-6,17H2,1-2H3,(H,18,20). The number of aliphatic hydroxyl groups is 1. The molecule has 20 heavy (non-hydrogen) atoms. The van der Waals surface area contributed by atoms with E-state index in [4.69, 9.17) is 5.73 Å². The van der Waals surface area contributed by atoms with Crippen LogP contribution in [0.25, 0.3) is 0 Å². The van der Waals surface area contributed by atoms with Gasteiger partial charge in [-0.15, -0.1) is 0 Å². The summed E-state index contributed by atoms with van der Waals surface area (Å²) >= 11 is 3.45. The molecule has 110 valence electrons. The van der Waals surface area contributed by atoms with E-state index >= 15 is 0 Å². The second kappa shape index (κ2) is 6.14. The van der Waals surface area contributed by atoms with E-state index < -0.39 is 6.10 Å². The predicted molar refractivity (Wildman–Crippen MR) is 83.8 cm³/mol. The van der Waals surface area contributed by atoms with Gasteiger partial charge in [0.05, 0.1) is 17.7 Å². The highest BCUT2D eigenvalue weighted by molar-refractivity contribution is 9.10. The first-order chi connectivity index (χ1) is 9.41. The molecule has 1 aliphatic carbocycles. The number of anilines is 1. The molecule has 4 N–H and O–H groups in total. The third kappa shape index (κ3) is 2.99. The maximum absolute atomic E-state index is 12.4. The number of amides is 1. The van der Waals surface area contributed by atoms with E-state index in [1.54, 1.807) is 6.07 Å². The maximum Gasteiger partial charge on any atom is 0.253 e. The molecule has 2 unspecified atom stereocenters. The van der Waals surface area contributed by atoms with Gasteiger partial charge in [0.15, 0.2) is 0 Å². The van der Waals surface area contributed by atoms with Gasteiger partial charge in [0.1, 0.15) is 0 Å². The number of nitrogen functional groups attached to an aromatic ring is 1. The van der Waals surface area contributed by atoms with E-state index in [9.17, 15) is 9.90 Å². The maximum atomic E-state index is 12.4. The van der Waals surface area contributed by atoms with Crippen LogP contribution in [0.2, 0.25) is 0 Å². The molecule has 1 fully saturated rings. The fourth-order valence-corrected chi connectivity index (χ4v) is 3.14. The Morgan fingerprint density at radius 3 is 2.65 bits per heavy atom. The minimum Gasteiger partial charge on any atom is -0.398 e. The van der Waals surface area contributed by atoms with Crippen LogP contribution in [0.4, 0.5) is 5.69 Å². The summed E-state index contributed by atoms with van der Waals surface area (Å²) < 4.78 is 0.874. The average Bonchev–Trinajstić information content (AvgIpc) is 2.43. The van der Waals surface area contributed by atoms with Crippen molar-refractivity contribution >= 4 is 27.5 Å². The van der Waals surface area contributed by atoms with Crippen LogP contribution >= 0.6 is 15.9 Å². The van der Waals surface area contributed by atoms with Gasteiger partial charge < -0.3 is 16.2 Å². The van der Waals surface area contributed by atoms with Gasteiger partial charge in [0.25, 0.3) is 5.91 Å². The largest absolute Gasteiger partial charge is 0.398 e. The van der Waals surface area contributed by atoms with Gasteiger partial charge in [-0.05, 0) is 43.9 Å². The van der Waals surface area contributed by atoms with Crippen LogP contribution in [0.3, 0.4) is 0 Å². The number of aliphatic hydroxyl groups excluding tert-OH is 1. The zero-order valence-corrected chi connectivity index (χ0v) is 13.5. The minimum absolute atomic E-state index is 0.170. The van der Waals surface area contributed by atoms with Crippen molar-refractivity contribution in [1.29, 1.82) is 0 Å². The molecule has 5 heteroatoms. The zero-order valence-electron chi connectivity index (χ0n) is 11.9. The normalized spacial score (nSPS) is 22.6. The monoisotopic (exact) mass is 340 g/mol. The fraction of sp³-hybridized carbons (Fsp3) is 0.533.